The predicted molar refractivity (Wildman–Crippen MR) is 163 cm³/mol. The zero-order chi connectivity index (χ0) is 28.6. The zero-order valence-corrected chi connectivity index (χ0v) is 26.2. The number of anilines is 1. The number of carbonyl (C=O) groups is 2. The maximum atomic E-state index is 14.0. The van der Waals surface area contributed by atoms with Crippen molar-refractivity contribution in [1.82, 2.24) is 10.2 Å². The normalized spacial score (nSPS) is 12.0. The summed E-state index contributed by atoms with van der Waals surface area (Å²) in [5.74, 6) is -0.761. The minimum Gasteiger partial charge on any atom is -0.354 e. The molecule has 2 amide bonds. The third-order valence-electron chi connectivity index (χ3n) is 6.17. The van der Waals surface area contributed by atoms with Crippen molar-refractivity contribution >= 4 is 59.4 Å². The van der Waals surface area contributed by atoms with E-state index in [1.54, 1.807) is 18.2 Å². The fraction of sp³-hybridized carbons (Fsp3) is 0.310. The van der Waals surface area contributed by atoms with Crippen molar-refractivity contribution in [2.24, 2.45) is 0 Å². The zero-order valence-electron chi connectivity index (χ0n) is 22.2. The monoisotopic (exact) mass is 677 g/mol. The second kappa shape index (κ2) is 14.1. The molecule has 0 saturated heterocycles. The Morgan fingerprint density at radius 3 is 2.26 bits per heavy atom. The largest absolute Gasteiger partial charge is 0.354 e. The maximum absolute atomic E-state index is 14.0. The van der Waals surface area contributed by atoms with Crippen LogP contribution in [0, 0.1) is 6.92 Å². The van der Waals surface area contributed by atoms with Gasteiger partial charge in [-0.3, -0.25) is 13.9 Å². The van der Waals surface area contributed by atoms with Crippen molar-refractivity contribution in [3.8, 4) is 0 Å². The van der Waals surface area contributed by atoms with E-state index in [9.17, 15) is 18.0 Å². The first kappa shape index (κ1) is 30.8. The molecule has 3 aromatic carbocycles. The molecule has 0 spiro atoms. The van der Waals surface area contributed by atoms with Gasteiger partial charge in [0, 0.05) is 28.5 Å². The van der Waals surface area contributed by atoms with Gasteiger partial charge in [-0.05, 0) is 60.4 Å². The first-order chi connectivity index (χ1) is 18.5. The summed E-state index contributed by atoms with van der Waals surface area (Å²) in [6, 6.07) is 21.3. The Bertz CT molecular complexity index is 1400. The predicted octanol–water partition coefficient (Wildman–Crippen LogP) is 5.45. The van der Waals surface area contributed by atoms with Crippen molar-refractivity contribution < 1.29 is 18.0 Å². The number of amides is 2. The van der Waals surface area contributed by atoms with Crippen LogP contribution in [0.1, 0.15) is 30.0 Å². The van der Waals surface area contributed by atoms with Gasteiger partial charge in [0.2, 0.25) is 21.8 Å². The molecule has 0 unspecified atom stereocenters. The van der Waals surface area contributed by atoms with Gasteiger partial charge in [-0.1, -0.05) is 81.2 Å². The van der Waals surface area contributed by atoms with Gasteiger partial charge in [0.25, 0.3) is 0 Å². The van der Waals surface area contributed by atoms with Gasteiger partial charge in [-0.2, -0.15) is 0 Å². The number of rotatable bonds is 12. The molecule has 0 saturated carbocycles. The second-order valence-corrected chi connectivity index (χ2v) is 13.0. The average Bonchev–Trinajstić information content (AvgIpc) is 2.89. The number of sulfonamides is 1. The summed E-state index contributed by atoms with van der Waals surface area (Å²) >= 11 is 6.92. The number of nitrogens with one attached hydrogen (secondary N) is 1. The smallest absolute Gasteiger partial charge is 0.244 e. The fourth-order valence-electron chi connectivity index (χ4n) is 4.15. The van der Waals surface area contributed by atoms with E-state index in [1.807, 2.05) is 68.4 Å². The number of carbonyl (C=O) groups excluding carboxylic acids is 2. The van der Waals surface area contributed by atoms with E-state index in [2.05, 4.69) is 37.2 Å². The van der Waals surface area contributed by atoms with Gasteiger partial charge >= 0.3 is 0 Å². The van der Waals surface area contributed by atoms with E-state index < -0.39 is 28.5 Å². The van der Waals surface area contributed by atoms with Gasteiger partial charge in [0.05, 0.1) is 11.9 Å². The van der Waals surface area contributed by atoms with Crippen LogP contribution in [0.3, 0.4) is 0 Å². The van der Waals surface area contributed by atoms with E-state index in [4.69, 9.17) is 0 Å². The topological polar surface area (TPSA) is 86.8 Å². The van der Waals surface area contributed by atoms with E-state index >= 15 is 0 Å². The third kappa shape index (κ3) is 8.91. The lowest BCUT2D eigenvalue weighted by atomic mass is 10.0. The van der Waals surface area contributed by atoms with Crippen molar-refractivity contribution in [3.05, 3.63) is 98.4 Å². The lowest BCUT2D eigenvalue weighted by molar-refractivity contribution is -0.140. The molecule has 7 nitrogen and oxygen atoms in total. The van der Waals surface area contributed by atoms with Crippen LogP contribution in [-0.4, -0.2) is 50.5 Å². The Balaban J connectivity index is 2.05. The Kier molecular flexibility index (Phi) is 11.1. The molecular formula is C29H33Br2N3O4S. The molecule has 10 heteroatoms. The van der Waals surface area contributed by atoms with Crippen LogP contribution >= 0.6 is 31.9 Å². The first-order valence-corrected chi connectivity index (χ1v) is 16.0. The van der Waals surface area contributed by atoms with E-state index in [0.29, 0.717) is 12.2 Å². The molecule has 0 bridgehead atoms. The molecule has 39 heavy (non-hydrogen) atoms. The van der Waals surface area contributed by atoms with Crippen molar-refractivity contribution in [2.75, 3.05) is 23.7 Å². The molecule has 1 atom stereocenters. The molecule has 0 heterocycles. The highest BCUT2D eigenvalue weighted by molar-refractivity contribution is 9.10. The van der Waals surface area contributed by atoms with E-state index in [1.165, 1.54) is 4.90 Å². The van der Waals surface area contributed by atoms with Crippen molar-refractivity contribution in [1.29, 1.82) is 0 Å². The molecule has 0 aliphatic rings. The highest BCUT2D eigenvalue weighted by Crippen LogP contribution is 2.25. The lowest BCUT2D eigenvalue weighted by Crippen LogP contribution is -2.53. The van der Waals surface area contributed by atoms with Crippen LogP contribution in [0.4, 0.5) is 5.69 Å². The number of nitrogens with zero attached hydrogens (tertiary/aromatic N) is 2. The molecule has 3 rings (SSSR count). The highest BCUT2D eigenvalue weighted by Gasteiger charge is 2.33. The molecule has 0 aliphatic carbocycles. The average molecular weight is 679 g/mol. The summed E-state index contributed by atoms with van der Waals surface area (Å²) in [5, 5.41) is 2.93. The Morgan fingerprint density at radius 2 is 1.64 bits per heavy atom. The summed E-state index contributed by atoms with van der Waals surface area (Å²) in [6.45, 7) is 3.97. The summed E-state index contributed by atoms with van der Waals surface area (Å²) in [4.78, 5) is 29.0. The standard InChI is InChI=1S/C29H33Br2N3O4S/c1-4-15-32-29(36)27(18-22-9-6-5-7-10-22)33(19-23-11-8-12-24(30)17-23)28(35)20-34(39(3,37)38)25-13-14-26(31)21(2)16-25/h5-14,16-17,27H,4,15,18-20H2,1-3H3,(H,32,36)/t27-/m1/s1. The molecule has 1 N–H and O–H groups in total. The number of benzene rings is 3. The summed E-state index contributed by atoms with van der Waals surface area (Å²) in [6.07, 6.45) is 2.10. The van der Waals surface area contributed by atoms with Gasteiger partial charge in [-0.25, -0.2) is 8.42 Å². The number of aryl methyl sites for hydroxylation is 1. The molecule has 0 fully saturated rings. The van der Waals surface area contributed by atoms with Crippen molar-refractivity contribution in [2.45, 2.75) is 39.3 Å². The summed E-state index contributed by atoms with van der Waals surface area (Å²) in [5.41, 5.74) is 2.92. The summed E-state index contributed by atoms with van der Waals surface area (Å²) in [7, 11) is -3.81. The SMILES string of the molecule is CCCNC(=O)[C@@H](Cc1ccccc1)N(Cc1cccc(Br)c1)C(=O)CN(c1ccc(Br)c(C)c1)S(C)(=O)=O. The van der Waals surface area contributed by atoms with Crippen LogP contribution in [0.2, 0.25) is 0 Å². The molecule has 3 aromatic rings. The van der Waals surface area contributed by atoms with Gasteiger partial charge in [-0.15, -0.1) is 0 Å². The molecule has 0 radical (unpaired) electrons. The minimum absolute atomic E-state index is 0.131. The molecule has 0 aromatic heterocycles. The number of halogens is 2. The quantitative estimate of drug-likeness (QED) is 0.276. The summed E-state index contributed by atoms with van der Waals surface area (Å²) < 4.78 is 28.5. The molecule has 208 valence electrons. The highest BCUT2D eigenvalue weighted by atomic mass is 79.9. The minimum atomic E-state index is -3.81. The van der Waals surface area contributed by atoms with Crippen LogP contribution in [0.25, 0.3) is 0 Å². The molecular weight excluding hydrogens is 646 g/mol. The second-order valence-electron chi connectivity index (χ2n) is 9.35. The Hall–Kier alpha value is -2.69. The van der Waals surface area contributed by atoms with Crippen molar-refractivity contribution in [3.63, 3.8) is 0 Å². The molecule has 0 aliphatic heterocycles. The lowest BCUT2D eigenvalue weighted by Gasteiger charge is -2.33. The fourth-order valence-corrected chi connectivity index (χ4v) is 5.68. The van der Waals surface area contributed by atoms with Crippen LogP contribution in [0.15, 0.2) is 81.7 Å². The van der Waals surface area contributed by atoms with Gasteiger partial charge in [0.1, 0.15) is 12.6 Å². The van der Waals surface area contributed by atoms with E-state index in [0.717, 1.165) is 42.6 Å². The van der Waals surface area contributed by atoms with Gasteiger partial charge < -0.3 is 10.2 Å². The van der Waals surface area contributed by atoms with Crippen LogP contribution in [0.5, 0.6) is 0 Å². The first-order valence-electron chi connectivity index (χ1n) is 12.6. The number of hydrogen-bond acceptors (Lipinski definition) is 4. The Morgan fingerprint density at radius 1 is 0.949 bits per heavy atom. The number of hydrogen-bond donors (Lipinski definition) is 1. The maximum Gasteiger partial charge on any atom is 0.244 e. The Labute approximate surface area is 247 Å². The van der Waals surface area contributed by atoms with Crippen LogP contribution < -0.4 is 9.62 Å². The van der Waals surface area contributed by atoms with Gasteiger partial charge in [0.15, 0.2) is 0 Å². The third-order valence-corrected chi connectivity index (χ3v) is 8.69. The van der Waals surface area contributed by atoms with Crippen LogP contribution in [-0.2, 0) is 32.6 Å². The van der Waals surface area contributed by atoms with E-state index in [-0.39, 0.29) is 18.9 Å².